The lowest BCUT2D eigenvalue weighted by molar-refractivity contribution is -0.141. The molecule has 8 heteroatoms. The molecular weight excluding hydrogens is 291 g/mol. The summed E-state index contributed by atoms with van der Waals surface area (Å²) in [5.41, 5.74) is -1.37. The van der Waals surface area contributed by atoms with E-state index < -0.39 is 23.6 Å². The predicted molar refractivity (Wildman–Crippen MR) is 63.6 cm³/mol. The van der Waals surface area contributed by atoms with Gasteiger partial charge >= 0.3 is 12.1 Å². The van der Waals surface area contributed by atoms with E-state index in [0.29, 0.717) is 12.2 Å². The fourth-order valence-electron chi connectivity index (χ4n) is 1.68. The van der Waals surface area contributed by atoms with Crippen molar-refractivity contribution in [3.63, 3.8) is 0 Å². The van der Waals surface area contributed by atoms with Crippen molar-refractivity contribution in [1.29, 1.82) is 0 Å². The highest BCUT2D eigenvalue weighted by Crippen LogP contribution is 2.32. The zero-order valence-corrected chi connectivity index (χ0v) is 11.1. The molecule has 0 aliphatic heterocycles. The molecule has 0 aliphatic carbocycles. The Morgan fingerprint density at radius 1 is 1.38 bits per heavy atom. The number of alkyl halides is 3. The van der Waals surface area contributed by atoms with Gasteiger partial charge in [-0.3, -0.25) is 0 Å². The SMILES string of the molecule is CCOC(=O)c1oc(CCc2ccco2)nc1C(F)(F)F. The molecule has 21 heavy (non-hydrogen) atoms. The lowest BCUT2D eigenvalue weighted by atomic mass is 10.2. The summed E-state index contributed by atoms with van der Waals surface area (Å²) >= 11 is 0. The number of ether oxygens (including phenoxy) is 1. The smallest absolute Gasteiger partial charge is 0.437 e. The number of aryl methyl sites for hydroxylation is 2. The van der Waals surface area contributed by atoms with Gasteiger partial charge in [0.15, 0.2) is 11.6 Å². The standard InChI is InChI=1S/C13H12F3NO4/c1-2-19-12(18)10-11(13(14,15)16)17-9(21-10)6-5-8-4-3-7-20-8/h3-4,7H,2,5-6H2,1H3. The minimum Gasteiger partial charge on any atom is -0.469 e. The topological polar surface area (TPSA) is 65.5 Å². The molecule has 0 unspecified atom stereocenters. The number of halogens is 3. The number of carbonyl (C=O) groups excluding carboxylic acids is 1. The first kappa shape index (κ1) is 15.1. The van der Waals surface area contributed by atoms with Gasteiger partial charge in [-0.1, -0.05) is 0 Å². The van der Waals surface area contributed by atoms with Gasteiger partial charge in [0.2, 0.25) is 5.76 Å². The molecule has 0 N–H and O–H groups in total. The molecule has 114 valence electrons. The van der Waals surface area contributed by atoms with E-state index in [1.54, 1.807) is 12.1 Å². The maximum atomic E-state index is 12.8. The summed E-state index contributed by atoms with van der Waals surface area (Å²) in [6, 6.07) is 3.34. The van der Waals surface area contributed by atoms with Crippen LogP contribution < -0.4 is 0 Å². The number of rotatable bonds is 5. The number of nitrogens with zero attached hydrogens (tertiary/aromatic N) is 1. The number of furan rings is 1. The lowest BCUT2D eigenvalue weighted by Crippen LogP contribution is -2.14. The fraction of sp³-hybridized carbons (Fsp3) is 0.385. The molecule has 0 aliphatic rings. The van der Waals surface area contributed by atoms with E-state index in [2.05, 4.69) is 9.72 Å². The van der Waals surface area contributed by atoms with Crippen molar-refractivity contribution < 1.29 is 31.5 Å². The lowest BCUT2D eigenvalue weighted by Gasteiger charge is -2.03. The van der Waals surface area contributed by atoms with Gasteiger partial charge in [0.25, 0.3) is 0 Å². The molecule has 0 bridgehead atoms. The number of aromatic nitrogens is 1. The van der Waals surface area contributed by atoms with Crippen LogP contribution in [-0.2, 0) is 23.8 Å². The van der Waals surface area contributed by atoms with Crippen molar-refractivity contribution in [2.45, 2.75) is 25.9 Å². The summed E-state index contributed by atoms with van der Waals surface area (Å²) in [5.74, 6) is -1.71. The Labute approximate surface area is 117 Å². The Bertz CT molecular complexity index is 601. The maximum Gasteiger partial charge on any atom is 0.437 e. The van der Waals surface area contributed by atoms with Crippen molar-refractivity contribution in [2.75, 3.05) is 6.61 Å². The van der Waals surface area contributed by atoms with Crippen LogP contribution >= 0.6 is 0 Å². The first-order valence-corrected chi connectivity index (χ1v) is 6.18. The Hall–Kier alpha value is -2.25. The zero-order valence-electron chi connectivity index (χ0n) is 11.1. The van der Waals surface area contributed by atoms with Crippen molar-refractivity contribution in [3.05, 3.63) is 41.5 Å². The van der Waals surface area contributed by atoms with Crippen molar-refractivity contribution in [1.82, 2.24) is 4.98 Å². The second-order valence-corrected chi connectivity index (χ2v) is 4.08. The number of hydrogen-bond acceptors (Lipinski definition) is 5. The molecule has 0 saturated carbocycles. The van der Waals surface area contributed by atoms with E-state index in [-0.39, 0.29) is 18.9 Å². The minimum absolute atomic E-state index is 0.0570. The van der Waals surface area contributed by atoms with Crippen LogP contribution in [0.3, 0.4) is 0 Å². The third-order valence-electron chi connectivity index (χ3n) is 2.57. The molecule has 0 fully saturated rings. The number of carbonyl (C=O) groups is 1. The van der Waals surface area contributed by atoms with Gasteiger partial charge in [-0.25, -0.2) is 9.78 Å². The van der Waals surface area contributed by atoms with Crippen LogP contribution in [0.15, 0.2) is 27.2 Å². The quantitative estimate of drug-likeness (QED) is 0.793. The van der Waals surface area contributed by atoms with Crippen molar-refractivity contribution >= 4 is 5.97 Å². The molecule has 2 aromatic heterocycles. The number of esters is 1. The average Bonchev–Trinajstić information content (AvgIpc) is 3.05. The Morgan fingerprint density at radius 2 is 2.14 bits per heavy atom. The fourth-order valence-corrected chi connectivity index (χ4v) is 1.68. The van der Waals surface area contributed by atoms with Gasteiger partial charge in [-0.05, 0) is 19.1 Å². The van der Waals surface area contributed by atoms with Crippen LogP contribution in [-0.4, -0.2) is 17.6 Å². The van der Waals surface area contributed by atoms with E-state index in [1.165, 1.54) is 13.2 Å². The van der Waals surface area contributed by atoms with Crippen LogP contribution in [0, 0.1) is 0 Å². The molecule has 2 rings (SSSR count). The van der Waals surface area contributed by atoms with Gasteiger partial charge < -0.3 is 13.6 Å². The van der Waals surface area contributed by atoms with Crippen LogP contribution in [0.2, 0.25) is 0 Å². The summed E-state index contributed by atoms with van der Waals surface area (Å²) in [5, 5.41) is 0. The van der Waals surface area contributed by atoms with E-state index in [9.17, 15) is 18.0 Å². The van der Waals surface area contributed by atoms with Gasteiger partial charge in [-0.2, -0.15) is 13.2 Å². The van der Waals surface area contributed by atoms with E-state index >= 15 is 0 Å². The van der Waals surface area contributed by atoms with Crippen LogP contribution in [0.4, 0.5) is 13.2 Å². The van der Waals surface area contributed by atoms with Crippen LogP contribution in [0.5, 0.6) is 0 Å². The molecule has 0 aromatic carbocycles. The van der Waals surface area contributed by atoms with E-state index in [0.717, 1.165) is 0 Å². The van der Waals surface area contributed by atoms with Gasteiger partial charge in [0, 0.05) is 12.8 Å². The number of oxazole rings is 1. The highest BCUT2D eigenvalue weighted by atomic mass is 19.4. The molecule has 0 radical (unpaired) electrons. The first-order valence-electron chi connectivity index (χ1n) is 6.18. The third-order valence-corrected chi connectivity index (χ3v) is 2.57. The summed E-state index contributed by atoms with van der Waals surface area (Å²) in [7, 11) is 0. The summed E-state index contributed by atoms with van der Waals surface area (Å²) in [6.45, 7) is 1.43. The third kappa shape index (κ3) is 3.65. The normalized spacial score (nSPS) is 11.6. The second kappa shape index (κ2) is 6.02. The molecule has 2 heterocycles. The Balaban J connectivity index is 2.21. The van der Waals surface area contributed by atoms with Gasteiger partial charge in [0.1, 0.15) is 5.76 Å². The highest BCUT2D eigenvalue weighted by molar-refractivity contribution is 5.87. The predicted octanol–water partition coefficient (Wildman–Crippen LogP) is 3.25. The monoisotopic (exact) mass is 303 g/mol. The highest BCUT2D eigenvalue weighted by Gasteiger charge is 2.41. The maximum absolute atomic E-state index is 12.8. The average molecular weight is 303 g/mol. The van der Waals surface area contributed by atoms with E-state index in [4.69, 9.17) is 8.83 Å². The van der Waals surface area contributed by atoms with Crippen molar-refractivity contribution in [2.24, 2.45) is 0 Å². The summed E-state index contributed by atoms with van der Waals surface area (Å²) in [6.07, 6.45) is -2.94. The zero-order chi connectivity index (χ0) is 15.5. The Morgan fingerprint density at radius 3 is 2.71 bits per heavy atom. The first-order chi connectivity index (χ1) is 9.91. The second-order valence-electron chi connectivity index (χ2n) is 4.08. The summed E-state index contributed by atoms with van der Waals surface area (Å²) < 4.78 is 53.0. The molecule has 0 atom stereocenters. The largest absolute Gasteiger partial charge is 0.469 e. The van der Waals surface area contributed by atoms with Crippen molar-refractivity contribution in [3.8, 4) is 0 Å². The molecule has 0 amide bonds. The minimum atomic E-state index is -4.78. The molecule has 2 aromatic rings. The molecule has 0 saturated heterocycles. The summed E-state index contributed by atoms with van der Waals surface area (Å²) in [4.78, 5) is 14.8. The van der Waals surface area contributed by atoms with Gasteiger partial charge in [-0.15, -0.1) is 0 Å². The molecular formula is C13H12F3NO4. The van der Waals surface area contributed by atoms with Crippen LogP contribution in [0.1, 0.15) is 34.8 Å². The number of hydrogen-bond donors (Lipinski definition) is 0. The van der Waals surface area contributed by atoms with Gasteiger partial charge in [0.05, 0.1) is 12.9 Å². The molecule has 0 spiro atoms. The molecule has 5 nitrogen and oxygen atoms in total. The van der Waals surface area contributed by atoms with Crippen LogP contribution in [0.25, 0.3) is 0 Å². The Kier molecular flexibility index (Phi) is 4.35. The van der Waals surface area contributed by atoms with E-state index in [1.807, 2.05) is 0 Å².